The lowest BCUT2D eigenvalue weighted by atomic mass is 10.1. The van der Waals surface area contributed by atoms with Gasteiger partial charge in [-0.15, -0.1) is 0 Å². The van der Waals surface area contributed by atoms with Crippen LogP contribution in [0.3, 0.4) is 0 Å². The zero-order chi connectivity index (χ0) is 17.0. The Kier molecular flexibility index (Phi) is 4.68. The number of carbonyl (C=O) groups is 2. The summed E-state index contributed by atoms with van der Waals surface area (Å²) in [4.78, 5) is 23.7. The molecule has 0 aliphatic rings. The number of alkyl carbamates (subject to hydrolysis) is 1. The molecule has 2 rings (SSSR count). The van der Waals surface area contributed by atoms with Gasteiger partial charge in [-0.1, -0.05) is 12.1 Å². The molecule has 1 amide bonds. The van der Waals surface area contributed by atoms with Gasteiger partial charge in [-0.05, 0) is 38.5 Å². The predicted molar refractivity (Wildman–Crippen MR) is 85.5 cm³/mol. The first-order valence-electron chi connectivity index (χ1n) is 7.01. The van der Waals surface area contributed by atoms with Crippen LogP contribution in [0, 0.1) is 0 Å². The SMILES string of the molecule is COC(=O)/C(=C/c1ccc2cn[nH]c2c1)NC(=O)OC(C)(C)C. The summed E-state index contributed by atoms with van der Waals surface area (Å²) in [6, 6.07) is 5.46. The highest BCUT2D eigenvalue weighted by Crippen LogP contribution is 2.15. The number of nitrogens with one attached hydrogen (secondary N) is 2. The molecule has 0 radical (unpaired) electrons. The van der Waals surface area contributed by atoms with Crippen molar-refractivity contribution in [1.82, 2.24) is 15.5 Å². The number of nitrogens with zero attached hydrogens (tertiary/aromatic N) is 1. The van der Waals surface area contributed by atoms with Gasteiger partial charge in [0, 0.05) is 5.39 Å². The smallest absolute Gasteiger partial charge is 0.412 e. The molecule has 0 unspecified atom stereocenters. The molecule has 1 aromatic heterocycles. The summed E-state index contributed by atoms with van der Waals surface area (Å²) in [6.07, 6.45) is 2.48. The third-order valence-electron chi connectivity index (χ3n) is 2.82. The molecule has 0 bridgehead atoms. The van der Waals surface area contributed by atoms with Crippen LogP contribution >= 0.6 is 0 Å². The number of hydrogen-bond donors (Lipinski definition) is 2. The van der Waals surface area contributed by atoms with Crippen LogP contribution in [0.25, 0.3) is 17.0 Å². The number of aromatic nitrogens is 2. The molecule has 1 aromatic carbocycles. The second-order valence-corrected chi connectivity index (χ2v) is 5.89. The Morgan fingerprint density at radius 3 is 2.70 bits per heavy atom. The highest BCUT2D eigenvalue weighted by atomic mass is 16.6. The third-order valence-corrected chi connectivity index (χ3v) is 2.82. The monoisotopic (exact) mass is 317 g/mol. The van der Waals surface area contributed by atoms with Crippen LogP contribution in [-0.4, -0.2) is 35.0 Å². The Morgan fingerprint density at radius 1 is 1.30 bits per heavy atom. The lowest BCUT2D eigenvalue weighted by Gasteiger charge is -2.20. The van der Waals surface area contributed by atoms with Gasteiger partial charge in [-0.3, -0.25) is 10.4 Å². The zero-order valence-electron chi connectivity index (χ0n) is 13.5. The predicted octanol–water partition coefficient (Wildman–Crippen LogP) is 2.60. The lowest BCUT2D eigenvalue weighted by Crippen LogP contribution is -2.34. The quantitative estimate of drug-likeness (QED) is 0.670. The van der Waals surface area contributed by atoms with E-state index in [0.29, 0.717) is 5.56 Å². The van der Waals surface area contributed by atoms with Crippen molar-refractivity contribution >= 4 is 29.0 Å². The Hall–Kier alpha value is -2.83. The van der Waals surface area contributed by atoms with Gasteiger partial charge in [-0.2, -0.15) is 5.10 Å². The summed E-state index contributed by atoms with van der Waals surface area (Å²) in [7, 11) is 1.24. The van der Waals surface area contributed by atoms with Crippen molar-refractivity contribution in [2.75, 3.05) is 7.11 Å². The van der Waals surface area contributed by atoms with E-state index >= 15 is 0 Å². The van der Waals surface area contributed by atoms with Gasteiger partial charge in [0.1, 0.15) is 11.3 Å². The fourth-order valence-electron chi connectivity index (χ4n) is 1.88. The summed E-state index contributed by atoms with van der Waals surface area (Å²) in [5, 5.41) is 10.1. The molecule has 7 heteroatoms. The first-order valence-corrected chi connectivity index (χ1v) is 7.01. The van der Waals surface area contributed by atoms with E-state index in [4.69, 9.17) is 9.47 Å². The molecule has 122 valence electrons. The molecule has 0 aliphatic carbocycles. The lowest BCUT2D eigenvalue weighted by molar-refractivity contribution is -0.136. The molecule has 0 atom stereocenters. The maximum absolute atomic E-state index is 11.9. The van der Waals surface area contributed by atoms with Crippen LogP contribution in [-0.2, 0) is 14.3 Å². The van der Waals surface area contributed by atoms with Crippen LogP contribution in [0.15, 0.2) is 30.1 Å². The molecular weight excluding hydrogens is 298 g/mol. The number of aromatic amines is 1. The number of H-pyrrole nitrogens is 1. The minimum Gasteiger partial charge on any atom is -0.464 e. The summed E-state index contributed by atoms with van der Waals surface area (Å²) in [5.41, 5.74) is 0.846. The number of hydrogen-bond acceptors (Lipinski definition) is 5. The van der Waals surface area contributed by atoms with E-state index in [-0.39, 0.29) is 5.70 Å². The molecule has 0 aliphatic heterocycles. The van der Waals surface area contributed by atoms with Crippen molar-refractivity contribution in [2.24, 2.45) is 0 Å². The molecule has 0 saturated carbocycles. The van der Waals surface area contributed by atoms with Crippen LogP contribution in [0.4, 0.5) is 4.79 Å². The van der Waals surface area contributed by atoms with Crippen molar-refractivity contribution < 1.29 is 19.1 Å². The van der Waals surface area contributed by atoms with Crippen LogP contribution in [0.2, 0.25) is 0 Å². The number of benzene rings is 1. The van der Waals surface area contributed by atoms with Crippen LogP contribution < -0.4 is 5.32 Å². The minimum absolute atomic E-state index is 0.0133. The highest BCUT2D eigenvalue weighted by molar-refractivity contribution is 5.97. The Bertz CT molecular complexity index is 756. The molecule has 0 fully saturated rings. The normalized spacial score (nSPS) is 12.1. The molecule has 2 aromatic rings. The highest BCUT2D eigenvalue weighted by Gasteiger charge is 2.20. The Morgan fingerprint density at radius 2 is 2.04 bits per heavy atom. The number of amides is 1. The first-order chi connectivity index (χ1) is 10.8. The van der Waals surface area contributed by atoms with Gasteiger partial charge in [-0.25, -0.2) is 9.59 Å². The van der Waals surface area contributed by atoms with Crippen LogP contribution in [0.5, 0.6) is 0 Å². The van der Waals surface area contributed by atoms with Crippen molar-refractivity contribution in [2.45, 2.75) is 26.4 Å². The van der Waals surface area contributed by atoms with Gasteiger partial charge in [0.15, 0.2) is 0 Å². The van der Waals surface area contributed by atoms with Gasteiger partial charge in [0.05, 0.1) is 18.8 Å². The molecular formula is C16H19N3O4. The number of carbonyl (C=O) groups excluding carboxylic acids is 2. The Labute approximate surface area is 133 Å². The van der Waals surface area contributed by atoms with Gasteiger partial charge >= 0.3 is 12.1 Å². The summed E-state index contributed by atoms with van der Waals surface area (Å²) < 4.78 is 9.83. The standard InChI is InChI=1S/C16H19N3O4/c1-16(2,3)23-15(21)18-13(14(20)22-4)8-10-5-6-11-9-17-19-12(11)7-10/h5-9H,1-4H3,(H,17,19)(H,18,21)/b13-8-. The van der Waals surface area contributed by atoms with E-state index in [1.165, 1.54) is 13.2 Å². The molecule has 1 heterocycles. The van der Waals surface area contributed by atoms with Gasteiger partial charge in [0.25, 0.3) is 0 Å². The average molecular weight is 317 g/mol. The molecule has 23 heavy (non-hydrogen) atoms. The topological polar surface area (TPSA) is 93.3 Å². The summed E-state index contributed by atoms with van der Waals surface area (Å²) in [6.45, 7) is 5.21. The van der Waals surface area contributed by atoms with Crippen molar-refractivity contribution in [3.05, 3.63) is 35.7 Å². The van der Waals surface area contributed by atoms with E-state index in [9.17, 15) is 9.59 Å². The van der Waals surface area contributed by atoms with E-state index in [1.807, 2.05) is 12.1 Å². The van der Waals surface area contributed by atoms with Crippen molar-refractivity contribution in [1.29, 1.82) is 0 Å². The molecule has 0 spiro atoms. The maximum atomic E-state index is 11.9. The molecule has 2 N–H and O–H groups in total. The van der Waals surface area contributed by atoms with E-state index in [0.717, 1.165) is 10.9 Å². The largest absolute Gasteiger partial charge is 0.464 e. The van der Waals surface area contributed by atoms with E-state index in [1.54, 1.807) is 33.0 Å². The summed E-state index contributed by atoms with van der Waals surface area (Å²) >= 11 is 0. The first kappa shape index (κ1) is 16.5. The van der Waals surface area contributed by atoms with E-state index in [2.05, 4.69) is 15.5 Å². The number of methoxy groups -OCH3 is 1. The molecule has 0 saturated heterocycles. The second-order valence-electron chi connectivity index (χ2n) is 5.89. The van der Waals surface area contributed by atoms with Crippen molar-refractivity contribution in [3.8, 4) is 0 Å². The fraction of sp³-hybridized carbons (Fsp3) is 0.312. The number of ether oxygens (including phenoxy) is 2. The Balaban J connectivity index is 2.26. The van der Waals surface area contributed by atoms with Crippen molar-refractivity contribution in [3.63, 3.8) is 0 Å². The summed E-state index contributed by atoms with van der Waals surface area (Å²) in [5.74, 6) is -0.666. The second kappa shape index (κ2) is 6.51. The van der Waals surface area contributed by atoms with Gasteiger partial charge in [0.2, 0.25) is 0 Å². The van der Waals surface area contributed by atoms with Gasteiger partial charge < -0.3 is 9.47 Å². The number of rotatable bonds is 3. The fourth-order valence-corrected chi connectivity index (χ4v) is 1.88. The minimum atomic E-state index is -0.725. The molecule has 7 nitrogen and oxygen atoms in total. The maximum Gasteiger partial charge on any atom is 0.412 e. The third kappa shape index (κ3) is 4.57. The number of esters is 1. The number of fused-ring (bicyclic) bond motifs is 1. The average Bonchev–Trinajstić information content (AvgIpc) is 2.91. The van der Waals surface area contributed by atoms with E-state index < -0.39 is 17.7 Å². The zero-order valence-corrected chi connectivity index (χ0v) is 13.5. The van der Waals surface area contributed by atoms with Crippen LogP contribution in [0.1, 0.15) is 26.3 Å².